The molecule has 3 rings (SSSR count). The van der Waals surface area contributed by atoms with E-state index in [9.17, 15) is 0 Å². The molecule has 3 aromatic rings. The van der Waals surface area contributed by atoms with Gasteiger partial charge >= 0.3 is 0 Å². The summed E-state index contributed by atoms with van der Waals surface area (Å²) in [6, 6.07) is 16.0. The minimum Gasteiger partial charge on any atom is -0.408 e. The van der Waals surface area contributed by atoms with Gasteiger partial charge in [0.2, 0.25) is 0 Å². The van der Waals surface area contributed by atoms with Gasteiger partial charge in [0.1, 0.15) is 10.3 Å². The molecule has 0 aliphatic rings. The Bertz CT molecular complexity index is 940. The molecule has 0 aliphatic carbocycles. The van der Waals surface area contributed by atoms with Gasteiger partial charge in [-0.05, 0) is 35.7 Å². The number of benzene rings is 2. The predicted octanol–water partition coefficient (Wildman–Crippen LogP) is 5.83. The lowest BCUT2D eigenvalue weighted by atomic mass is 10.0. The number of aryl methyl sites for hydroxylation is 1. The number of hydrogen-bond donors (Lipinski definition) is 0. The Morgan fingerprint density at radius 1 is 0.852 bits per heavy atom. The van der Waals surface area contributed by atoms with Crippen LogP contribution in [0.4, 0.5) is 0 Å². The van der Waals surface area contributed by atoms with Gasteiger partial charge in [-0.15, -0.1) is 0 Å². The second-order valence-corrected chi connectivity index (χ2v) is 9.05. The maximum atomic E-state index is 6.45. The van der Waals surface area contributed by atoms with E-state index in [4.69, 9.17) is 50.8 Å². The Morgan fingerprint density at radius 2 is 1.48 bits per heavy atom. The summed E-state index contributed by atoms with van der Waals surface area (Å²) >= 11 is 25.2. The van der Waals surface area contributed by atoms with Gasteiger partial charge in [-0.3, -0.25) is 0 Å². The third-order valence-corrected chi connectivity index (χ3v) is 7.60. The Hall–Kier alpha value is -1.07. The molecule has 0 spiro atoms. The van der Waals surface area contributed by atoms with Crippen LogP contribution in [0.15, 0.2) is 48.5 Å². The number of nitrogens with zero attached hydrogens (tertiary/aromatic N) is 1. The molecular formula is C20H17Cl4NOSi. The number of hydrogen-bond acceptors (Lipinski definition) is 2. The lowest BCUT2D eigenvalue weighted by molar-refractivity contribution is 0.266. The van der Waals surface area contributed by atoms with E-state index in [1.54, 1.807) is 0 Å². The standard InChI is InChI=1S/C20H17Cl4NOSi/c1-11-7-6-10-14(12(11)2)27-26-18(13-8-4-3-5-9-13)15-16(21)19(23)25-20(24)17(15)22/h3-10,18H,27H2,1-2H3. The molecule has 0 amide bonds. The van der Waals surface area contributed by atoms with Crippen LogP contribution in [0.3, 0.4) is 0 Å². The van der Waals surface area contributed by atoms with Crippen molar-refractivity contribution in [1.29, 1.82) is 0 Å². The molecule has 0 bridgehead atoms. The van der Waals surface area contributed by atoms with E-state index in [1.807, 2.05) is 36.4 Å². The smallest absolute Gasteiger partial charge is 0.193 e. The third kappa shape index (κ3) is 4.51. The molecule has 1 atom stereocenters. The Morgan fingerprint density at radius 3 is 2.11 bits per heavy atom. The second-order valence-electron chi connectivity index (χ2n) is 6.20. The van der Waals surface area contributed by atoms with Gasteiger partial charge < -0.3 is 4.43 Å². The van der Waals surface area contributed by atoms with Crippen LogP contribution in [-0.2, 0) is 4.43 Å². The molecule has 0 radical (unpaired) electrons. The minimum atomic E-state index is -1.08. The molecule has 140 valence electrons. The van der Waals surface area contributed by atoms with E-state index >= 15 is 0 Å². The highest BCUT2D eigenvalue weighted by Crippen LogP contribution is 2.41. The molecule has 1 heterocycles. The Labute approximate surface area is 181 Å². The van der Waals surface area contributed by atoms with E-state index in [0.717, 1.165) is 5.56 Å². The molecule has 0 saturated carbocycles. The van der Waals surface area contributed by atoms with Gasteiger partial charge in [0.25, 0.3) is 0 Å². The zero-order valence-electron chi connectivity index (χ0n) is 14.8. The lowest BCUT2D eigenvalue weighted by Gasteiger charge is -2.23. The topological polar surface area (TPSA) is 22.1 Å². The van der Waals surface area contributed by atoms with Crippen molar-refractivity contribution < 1.29 is 4.43 Å². The van der Waals surface area contributed by atoms with Crippen molar-refractivity contribution in [2.45, 2.75) is 20.0 Å². The summed E-state index contributed by atoms with van der Waals surface area (Å²) in [5, 5.41) is 1.97. The van der Waals surface area contributed by atoms with E-state index < -0.39 is 15.9 Å². The fourth-order valence-corrected chi connectivity index (χ4v) is 5.22. The molecule has 1 unspecified atom stereocenters. The number of halogens is 4. The quantitative estimate of drug-likeness (QED) is 0.356. The molecule has 0 N–H and O–H groups in total. The van der Waals surface area contributed by atoms with Crippen LogP contribution in [0.25, 0.3) is 0 Å². The van der Waals surface area contributed by atoms with Crippen LogP contribution in [0.1, 0.15) is 28.4 Å². The van der Waals surface area contributed by atoms with Crippen LogP contribution in [0.2, 0.25) is 20.4 Å². The fourth-order valence-electron chi connectivity index (χ4n) is 2.85. The van der Waals surface area contributed by atoms with E-state index in [2.05, 4.69) is 31.0 Å². The lowest BCUT2D eigenvalue weighted by Crippen LogP contribution is -2.24. The summed E-state index contributed by atoms with van der Waals surface area (Å²) in [5.41, 5.74) is 3.97. The predicted molar refractivity (Wildman–Crippen MR) is 118 cm³/mol. The number of pyridine rings is 1. The summed E-state index contributed by atoms with van der Waals surface area (Å²) in [5.74, 6) is 0. The highest BCUT2D eigenvalue weighted by atomic mass is 35.5. The first-order chi connectivity index (χ1) is 12.9. The first kappa shape index (κ1) is 20.7. The monoisotopic (exact) mass is 455 g/mol. The zero-order chi connectivity index (χ0) is 19.6. The number of aromatic nitrogens is 1. The second kappa shape index (κ2) is 8.95. The highest BCUT2D eigenvalue weighted by molar-refractivity contribution is 6.48. The molecule has 0 aliphatic heterocycles. The van der Waals surface area contributed by atoms with Crippen LogP contribution in [-0.4, -0.2) is 14.7 Å². The van der Waals surface area contributed by atoms with Crippen molar-refractivity contribution >= 4 is 61.4 Å². The molecule has 0 saturated heterocycles. The molecular weight excluding hydrogens is 440 g/mol. The van der Waals surface area contributed by atoms with Crippen molar-refractivity contribution in [3.8, 4) is 0 Å². The van der Waals surface area contributed by atoms with Crippen molar-refractivity contribution in [3.63, 3.8) is 0 Å². The summed E-state index contributed by atoms with van der Waals surface area (Å²) in [7, 11) is -1.08. The van der Waals surface area contributed by atoms with Gasteiger partial charge in [-0.25, -0.2) is 4.98 Å². The van der Waals surface area contributed by atoms with E-state index in [1.165, 1.54) is 16.3 Å². The first-order valence-corrected chi connectivity index (χ1v) is 11.1. The zero-order valence-corrected chi connectivity index (χ0v) is 19.2. The van der Waals surface area contributed by atoms with Gasteiger partial charge in [0, 0.05) is 5.56 Å². The minimum absolute atomic E-state index is 0.110. The molecule has 1 aromatic heterocycles. The van der Waals surface area contributed by atoms with Gasteiger partial charge in [-0.1, -0.05) is 94.9 Å². The largest absolute Gasteiger partial charge is 0.408 e. The Kier molecular flexibility index (Phi) is 6.85. The number of rotatable bonds is 5. The fraction of sp³-hybridized carbons (Fsp3) is 0.150. The van der Waals surface area contributed by atoms with E-state index in [0.29, 0.717) is 5.56 Å². The molecule has 2 nitrogen and oxygen atoms in total. The molecule has 0 fully saturated rings. The van der Waals surface area contributed by atoms with Gasteiger partial charge in [0.05, 0.1) is 16.1 Å². The maximum absolute atomic E-state index is 6.45. The van der Waals surface area contributed by atoms with Crippen LogP contribution >= 0.6 is 46.4 Å². The highest BCUT2D eigenvalue weighted by Gasteiger charge is 2.25. The molecule has 27 heavy (non-hydrogen) atoms. The summed E-state index contributed by atoms with van der Waals surface area (Å²) < 4.78 is 6.43. The van der Waals surface area contributed by atoms with Crippen LogP contribution in [0, 0.1) is 13.8 Å². The average molecular weight is 457 g/mol. The molecule has 2 aromatic carbocycles. The van der Waals surface area contributed by atoms with Crippen molar-refractivity contribution in [3.05, 3.63) is 91.1 Å². The normalized spacial score (nSPS) is 12.7. The summed E-state index contributed by atoms with van der Waals surface area (Å²) in [4.78, 5) is 3.98. The summed E-state index contributed by atoms with van der Waals surface area (Å²) in [6.07, 6.45) is -0.476. The van der Waals surface area contributed by atoms with E-state index in [-0.39, 0.29) is 20.4 Å². The maximum Gasteiger partial charge on any atom is 0.193 e. The van der Waals surface area contributed by atoms with Crippen LogP contribution in [0.5, 0.6) is 0 Å². The SMILES string of the molecule is Cc1cccc([SiH2]OC(c2ccccc2)c2c(Cl)c(Cl)nc(Cl)c2Cl)c1C. The average Bonchev–Trinajstić information content (AvgIpc) is 2.66. The van der Waals surface area contributed by atoms with Crippen LogP contribution < -0.4 is 5.19 Å². The van der Waals surface area contributed by atoms with Crippen molar-refractivity contribution in [2.75, 3.05) is 0 Å². The van der Waals surface area contributed by atoms with Gasteiger partial charge in [0.15, 0.2) is 9.76 Å². The third-order valence-electron chi connectivity index (χ3n) is 4.52. The Balaban J connectivity index is 2.05. The van der Waals surface area contributed by atoms with Gasteiger partial charge in [-0.2, -0.15) is 0 Å². The first-order valence-electron chi connectivity index (χ1n) is 8.31. The van der Waals surface area contributed by atoms with Crippen molar-refractivity contribution in [2.24, 2.45) is 0 Å². The summed E-state index contributed by atoms with van der Waals surface area (Å²) in [6.45, 7) is 4.21. The van der Waals surface area contributed by atoms with Crippen molar-refractivity contribution in [1.82, 2.24) is 4.98 Å². The molecule has 7 heteroatoms.